The first-order valence-electron chi connectivity index (χ1n) is 5.55. The van der Waals surface area contributed by atoms with Gasteiger partial charge in [0.15, 0.2) is 5.79 Å². The van der Waals surface area contributed by atoms with Crippen LogP contribution in [-0.2, 0) is 4.74 Å². The molecule has 2 nitrogen and oxygen atoms in total. The van der Waals surface area contributed by atoms with Crippen molar-refractivity contribution in [2.45, 2.75) is 19.1 Å². The largest absolute Gasteiger partial charge is 0.362 e. The summed E-state index contributed by atoms with van der Waals surface area (Å²) in [7, 11) is 0. The van der Waals surface area contributed by atoms with Crippen molar-refractivity contribution in [1.29, 1.82) is 0 Å². The van der Waals surface area contributed by atoms with Gasteiger partial charge in [0.1, 0.15) is 0 Å². The van der Waals surface area contributed by atoms with Gasteiger partial charge in [-0.15, -0.1) is 0 Å². The topological polar surface area (TPSA) is 29.5 Å². The Balaban J connectivity index is 2.14. The molecule has 1 atom stereocenters. The van der Waals surface area contributed by atoms with E-state index < -0.39 is 5.79 Å². The van der Waals surface area contributed by atoms with E-state index in [0.717, 1.165) is 11.1 Å². The van der Waals surface area contributed by atoms with Crippen molar-refractivity contribution in [1.82, 2.24) is 0 Å². The van der Waals surface area contributed by atoms with Gasteiger partial charge in [-0.25, -0.2) is 0 Å². The fourth-order valence-corrected chi connectivity index (χ4v) is 1.81. The third-order valence-corrected chi connectivity index (χ3v) is 2.64. The minimum absolute atomic E-state index is 0.502. The Kier molecular flexibility index (Phi) is 3.22. The van der Waals surface area contributed by atoms with Crippen molar-refractivity contribution in [3.63, 3.8) is 0 Å². The van der Waals surface area contributed by atoms with E-state index in [-0.39, 0.29) is 0 Å². The second-order valence-electron chi connectivity index (χ2n) is 3.84. The lowest BCUT2D eigenvalue weighted by Crippen LogP contribution is -2.30. The Morgan fingerprint density at radius 1 is 1.31 bits per heavy atom. The number of hydrogen-bond donors (Lipinski definition) is 1. The van der Waals surface area contributed by atoms with E-state index in [4.69, 9.17) is 4.74 Å². The lowest BCUT2D eigenvalue weighted by molar-refractivity contribution is -0.160. The van der Waals surface area contributed by atoms with E-state index in [9.17, 15) is 5.11 Å². The molecule has 1 aliphatic carbocycles. The first kappa shape index (κ1) is 11.1. The molecule has 1 aromatic carbocycles. The Morgan fingerprint density at radius 3 is 2.62 bits per heavy atom. The van der Waals surface area contributed by atoms with Crippen LogP contribution >= 0.6 is 0 Å². The number of hydrogen-bond acceptors (Lipinski definition) is 2. The lowest BCUT2D eigenvalue weighted by Gasteiger charge is -2.26. The minimum atomic E-state index is -1.12. The van der Waals surface area contributed by atoms with Gasteiger partial charge in [-0.1, -0.05) is 42.5 Å². The van der Waals surface area contributed by atoms with E-state index in [1.165, 1.54) is 0 Å². The average molecular weight is 216 g/mol. The third kappa shape index (κ3) is 2.40. The van der Waals surface area contributed by atoms with Crippen LogP contribution in [0.3, 0.4) is 0 Å². The Hall–Kier alpha value is -1.38. The molecule has 0 spiro atoms. The molecule has 16 heavy (non-hydrogen) atoms. The maximum atomic E-state index is 9.98. The average Bonchev–Trinajstić information content (AvgIpc) is 2.31. The quantitative estimate of drug-likeness (QED) is 0.787. The van der Waals surface area contributed by atoms with Crippen molar-refractivity contribution in [3.05, 3.63) is 54.1 Å². The van der Waals surface area contributed by atoms with Gasteiger partial charge in [-0.05, 0) is 24.1 Å². The van der Waals surface area contributed by atoms with E-state index in [0.29, 0.717) is 13.0 Å². The summed E-state index contributed by atoms with van der Waals surface area (Å²) < 4.78 is 5.28. The molecule has 84 valence electrons. The summed E-state index contributed by atoms with van der Waals surface area (Å²) >= 11 is 0. The molecule has 0 radical (unpaired) electrons. The molecule has 1 unspecified atom stereocenters. The standard InChI is InChI=1S/C14H16O2/c1-2-16-14(15)10-8-13(9-11-14)12-6-4-3-5-7-12/h3-10,15H,2,11H2,1H3. The molecule has 0 heterocycles. The summed E-state index contributed by atoms with van der Waals surface area (Å²) in [4.78, 5) is 0. The van der Waals surface area contributed by atoms with E-state index >= 15 is 0 Å². The highest BCUT2D eigenvalue weighted by atomic mass is 16.6. The molecule has 0 amide bonds. The number of benzene rings is 1. The van der Waals surface area contributed by atoms with Gasteiger partial charge < -0.3 is 9.84 Å². The summed E-state index contributed by atoms with van der Waals surface area (Å²) in [6, 6.07) is 10.1. The summed E-state index contributed by atoms with van der Waals surface area (Å²) in [5.74, 6) is -1.12. The van der Waals surface area contributed by atoms with Crippen LogP contribution in [0.2, 0.25) is 0 Å². The number of ether oxygens (including phenoxy) is 1. The number of allylic oxidation sites excluding steroid dienone is 2. The van der Waals surface area contributed by atoms with E-state index in [1.807, 2.05) is 37.3 Å². The fourth-order valence-electron chi connectivity index (χ4n) is 1.81. The predicted octanol–water partition coefficient (Wildman–Crippen LogP) is 2.76. The molecule has 0 saturated heterocycles. The molecule has 2 rings (SSSR count). The predicted molar refractivity (Wildman–Crippen MR) is 64.8 cm³/mol. The van der Waals surface area contributed by atoms with Crippen molar-refractivity contribution < 1.29 is 9.84 Å². The maximum Gasteiger partial charge on any atom is 0.189 e. The zero-order valence-electron chi connectivity index (χ0n) is 9.39. The molecular formula is C14H16O2. The molecule has 0 aliphatic heterocycles. The molecule has 1 aromatic rings. The lowest BCUT2D eigenvalue weighted by atomic mass is 9.96. The molecule has 2 heteroatoms. The van der Waals surface area contributed by atoms with Crippen LogP contribution in [0.1, 0.15) is 18.9 Å². The molecule has 0 saturated carbocycles. The SMILES string of the molecule is CCOC1(O)C=CC(c2ccccc2)=CC1. The van der Waals surface area contributed by atoms with Crippen molar-refractivity contribution in [3.8, 4) is 0 Å². The van der Waals surface area contributed by atoms with Crippen LogP contribution < -0.4 is 0 Å². The fraction of sp³-hybridized carbons (Fsp3) is 0.286. The highest BCUT2D eigenvalue weighted by Crippen LogP contribution is 2.27. The van der Waals surface area contributed by atoms with Crippen LogP contribution in [-0.4, -0.2) is 17.5 Å². The Labute approximate surface area is 95.9 Å². The number of rotatable bonds is 3. The van der Waals surface area contributed by atoms with Gasteiger partial charge in [0.25, 0.3) is 0 Å². The summed E-state index contributed by atoms with van der Waals surface area (Å²) in [6.45, 7) is 2.39. The first-order valence-corrected chi connectivity index (χ1v) is 5.55. The summed E-state index contributed by atoms with van der Waals surface area (Å²) in [5, 5.41) is 9.98. The van der Waals surface area contributed by atoms with Gasteiger partial charge in [-0.2, -0.15) is 0 Å². The van der Waals surface area contributed by atoms with Crippen LogP contribution in [0, 0.1) is 0 Å². The van der Waals surface area contributed by atoms with Gasteiger partial charge in [0.05, 0.1) is 0 Å². The summed E-state index contributed by atoms with van der Waals surface area (Å²) in [5.41, 5.74) is 2.29. The highest BCUT2D eigenvalue weighted by Gasteiger charge is 2.25. The van der Waals surface area contributed by atoms with Gasteiger partial charge in [-0.3, -0.25) is 0 Å². The molecule has 1 aliphatic rings. The van der Waals surface area contributed by atoms with Crippen LogP contribution in [0.4, 0.5) is 0 Å². The Bertz CT molecular complexity index is 406. The van der Waals surface area contributed by atoms with Crippen LogP contribution in [0.25, 0.3) is 5.57 Å². The third-order valence-electron chi connectivity index (χ3n) is 2.64. The van der Waals surface area contributed by atoms with Crippen molar-refractivity contribution >= 4 is 5.57 Å². The highest BCUT2D eigenvalue weighted by molar-refractivity contribution is 5.75. The second-order valence-corrected chi connectivity index (χ2v) is 3.84. The van der Waals surface area contributed by atoms with E-state index in [1.54, 1.807) is 6.08 Å². The normalized spacial score (nSPS) is 24.2. The van der Waals surface area contributed by atoms with Crippen molar-refractivity contribution in [2.75, 3.05) is 6.61 Å². The molecule has 1 N–H and O–H groups in total. The molecular weight excluding hydrogens is 200 g/mol. The molecule has 0 aromatic heterocycles. The second kappa shape index (κ2) is 4.64. The zero-order valence-corrected chi connectivity index (χ0v) is 9.39. The van der Waals surface area contributed by atoms with Crippen LogP contribution in [0.15, 0.2) is 48.6 Å². The summed E-state index contributed by atoms with van der Waals surface area (Å²) in [6.07, 6.45) is 6.14. The molecule has 0 bridgehead atoms. The first-order chi connectivity index (χ1) is 7.73. The molecule has 0 fully saturated rings. The van der Waals surface area contributed by atoms with Gasteiger partial charge in [0, 0.05) is 13.0 Å². The number of aliphatic hydroxyl groups is 1. The Morgan fingerprint density at radius 2 is 2.06 bits per heavy atom. The monoisotopic (exact) mass is 216 g/mol. The van der Waals surface area contributed by atoms with Gasteiger partial charge in [0.2, 0.25) is 0 Å². The van der Waals surface area contributed by atoms with Gasteiger partial charge >= 0.3 is 0 Å². The van der Waals surface area contributed by atoms with E-state index in [2.05, 4.69) is 12.1 Å². The minimum Gasteiger partial charge on any atom is -0.362 e. The maximum absolute atomic E-state index is 9.98. The van der Waals surface area contributed by atoms with Crippen LogP contribution in [0.5, 0.6) is 0 Å². The van der Waals surface area contributed by atoms with Crippen molar-refractivity contribution in [2.24, 2.45) is 0 Å². The zero-order chi connectivity index (χ0) is 11.4. The smallest absolute Gasteiger partial charge is 0.189 e.